The zero-order valence-corrected chi connectivity index (χ0v) is 18.0. The smallest absolute Gasteiger partial charge is 0.337 e. The number of H-pyrrole nitrogens is 2. The maximum atomic E-state index is 13.0. The number of hydrogen-bond donors (Lipinski definition) is 3. The third-order valence-electron chi connectivity index (χ3n) is 5.27. The summed E-state index contributed by atoms with van der Waals surface area (Å²) < 4.78 is 11.2. The lowest BCUT2D eigenvalue weighted by Gasteiger charge is -2.28. The van der Waals surface area contributed by atoms with Crippen LogP contribution in [0.2, 0.25) is 0 Å². The van der Waals surface area contributed by atoms with E-state index in [1.807, 2.05) is 30.3 Å². The molecule has 0 radical (unpaired) electrons. The van der Waals surface area contributed by atoms with Crippen LogP contribution in [-0.4, -0.2) is 22.5 Å². The van der Waals surface area contributed by atoms with Crippen LogP contribution in [0.3, 0.4) is 0 Å². The highest BCUT2D eigenvalue weighted by Crippen LogP contribution is 2.40. The number of carbonyl (C=O) groups is 1. The Bertz CT molecular complexity index is 1340. The summed E-state index contributed by atoms with van der Waals surface area (Å²) in [7, 11) is 0. The quantitative estimate of drug-likeness (QED) is 0.380. The SMILES string of the molecule is C=CCOC(=O)C1=C(C)Nc2[nH]c(=O)[nH]c(=O)c2C1c1cccc(OCc2ccccc2)c1. The molecule has 8 heteroatoms. The molecule has 2 heterocycles. The summed E-state index contributed by atoms with van der Waals surface area (Å²) in [4.78, 5) is 42.5. The van der Waals surface area contributed by atoms with E-state index in [0.717, 1.165) is 5.56 Å². The molecule has 33 heavy (non-hydrogen) atoms. The highest BCUT2D eigenvalue weighted by atomic mass is 16.5. The van der Waals surface area contributed by atoms with Crippen LogP contribution in [0, 0.1) is 0 Å². The van der Waals surface area contributed by atoms with E-state index in [4.69, 9.17) is 9.47 Å². The Balaban J connectivity index is 1.77. The number of rotatable bonds is 7. The standard InChI is InChI=1S/C25H23N3O5/c1-3-12-32-24(30)19-15(2)26-22-21(23(29)28-25(31)27-22)20(19)17-10-7-11-18(13-17)33-14-16-8-5-4-6-9-16/h3-11,13,20H,1,12,14H2,2H3,(H3,26,27,28,29,31). The number of benzene rings is 2. The van der Waals surface area contributed by atoms with Gasteiger partial charge < -0.3 is 14.8 Å². The van der Waals surface area contributed by atoms with Gasteiger partial charge in [-0.3, -0.25) is 14.8 Å². The third kappa shape index (κ3) is 4.64. The molecule has 0 spiro atoms. The summed E-state index contributed by atoms with van der Waals surface area (Å²) in [6.45, 7) is 5.65. The van der Waals surface area contributed by atoms with E-state index in [1.54, 1.807) is 31.2 Å². The van der Waals surface area contributed by atoms with E-state index < -0.39 is 23.1 Å². The molecule has 1 aliphatic heterocycles. The Morgan fingerprint density at radius 1 is 1.09 bits per heavy atom. The Labute approximate surface area is 189 Å². The zero-order chi connectivity index (χ0) is 23.4. The highest BCUT2D eigenvalue weighted by Gasteiger charge is 2.36. The topological polar surface area (TPSA) is 113 Å². The maximum Gasteiger partial charge on any atom is 0.337 e. The van der Waals surface area contributed by atoms with Gasteiger partial charge in [0.05, 0.1) is 17.1 Å². The van der Waals surface area contributed by atoms with Crippen LogP contribution in [0.5, 0.6) is 5.75 Å². The van der Waals surface area contributed by atoms with Gasteiger partial charge in [0.1, 0.15) is 24.8 Å². The van der Waals surface area contributed by atoms with Crippen LogP contribution in [0.15, 0.2) is 88.1 Å². The fraction of sp³-hybridized carbons (Fsp3) is 0.160. The van der Waals surface area contributed by atoms with Crippen LogP contribution in [0.4, 0.5) is 5.82 Å². The first-order chi connectivity index (χ1) is 16.0. The first kappa shape index (κ1) is 21.9. The predicted molar refractivity (Wildman–Crippen MR) is 124 cm³/mol. The first-order valence-electron chi connectivity index (χ1n) is 10.4. The number of nitrogens with one attached hydrogen (secondary N) is 3. The molecule has 3 N–H and O–H groups in total. The van der Waals surface area contributed by atoms with Crippen molar-refractivity contribution in [3.05, 3.63) is 116 Å². The summed E-state index contributed by atoms with van der Waals surface area (Å²) in [5, 5.41) is 2.96. The second-order valence-corrected chi connectivity index (χ2v) is 7.53. The lowest BCUT2D eigenvalue weighted by atomic mass is 9.82. The van der Waals surface area contributed by atoms with Crippen molar-refractivity contribution < 1.29 is 14.3 Å². The molecular formula is C25H23N3O5. The number of ether oxygens (including phenoxy) is 2. The van der Waals surface area contributed by atoms with Crippen molar-refractivity contribution in [1.29, 1.82) is 0 Å². The average molecular weight is 445 g/mol. The molecule has 1 aliphatic rings. The molecule has 168 valence electrons. The summed E-state index contributed by atoms with van der Waals surface area (Å²) in [5.74, 6) is -0.549. The van der Waals surface area contributed by atoms with Crippen LogP contribution in [-0.2, 0) is 16.1 Å². The Hall–Kier alpha value is -4.33. The van der Waals surface area contributed by atoms with Gasteiger partial charge in [-0.1, -0.05) is 55.1 Å². The number of aromatic nitrogens is 2. The summed E-state index contributed by atoms with van der Waals surface area (Å²) >= 11 is 0. The lowest BCUT2D eigenvalue weighted by molar-refractivity contribution is -0.138. The van der Waals surface area contributed by atoms with Crippen molar-refractivity contribution in [3.8, 4) is 5.75 Å². The van der Waals surface area contributed by atoms with Gasteiger partial charge in [-0.05, 0) is 30.2 Å². The molecule has 0 aliphatic carbocycles. The minimum atomic E-state index is -0.778. The van der Waals surface area contributed by atoms with Crippen molar-refractivity contribution in [2.75, 3.05) is 11.9 Å². The van der Waals surface area contributed by atoms with Gasteiger partial charge >= 0.3 is 11.7 Å². The van der Waals surface area contributed by atoms with E-state index in [0.29, 0.717) is 23.6 Å². The highest BCUT2D eigenvalue weighted by molar-refractivity contribution is 5.94. The molecule has 4 rings (SSSR count). The Kier molecular flexibility index (Phi) is 6.26. The van der Waals surface area contributed by atoms with E-state index in [-0.39, 0.29) is 23.6 Å². The number of fused-ring (bicyclic) bond motifs is 1. The maximum absolute atomic E-state index is 13.0. The molecule has 8 nitrogen and oxygen atoms in total. The normalized spacial score (nSPS) is 14.8. The van der Waals surface area contributed by atoms with Crippen molar-refractivity contribution in [3.63, 3.8) is 0 Å². The predicted octanol–water partition coefficient (Wildman–Crippen LogP) is 3.20. The molecule has 3 aromatic rings. The molecule has 0 fully saturated rings. The van der Waals surface area contributed by atoms with Crippen molar-refractivity contribution in [2.24, 2.45) is 0 Å². The molecule has 1 unspecified atom stereocenters. The van der Waals surface area contributed by atoms with Gasteiger partial charge in [-0.15, -0.1) is 0 Å². The number of anilines is 1. The summed E-state index contributed by atoms with van der Waals surface area (Å²) in [5.41, 5.74) is 1.37. The first-order valence-corrected chi connectivity index (χ1v) is 10.4. The molecule has 1 atom stereocenters. The van der Waals surface area contributed by atoms with Gasteiger partial charge in [-0.2, -0.15) is 0 Å². The van der Waals surface area contributed by atoms with Gasteiger partial charge in [0, 0.05) is 5.70 Å². The molecule has 1 aromatic heterocycles. The molecule has 0 saturated heterocycles. The molecule has 2 aromatic carbocycles. The van der Waals surface area contributed by atoms with E-state index >= 15 is 0 Å². The number of aromatic amines is 2. The average Bonchev–Trinajstić information content (AvgIpc) is 2.81. The van der Waals surface area contributed by atoms with E-state index in [2.05, 4.69) is 21.9 Å². The second-order valence-electron chi connectivity index (χ2n) is 7.53. The van der Waals surface area contributed by atoms with Crippen molar-refractivity contribution in [1.82, 2.24) is 9.97 Å². The monoisotopic (exact) mass is 445 g/mol. The number of esters is 1. The Morgan fingerprint density at radius 2 is 1.88 bits per heavy atom. The van der Waals surface area contributed by atoms with Crippen LogP contribution >= 0.6 is 0 Å². The van der Waals surface area contributed by atoms with Gasteiger partial charge in [0.25, 0.3) is 5.56 Å². The lowest BCUT2D eigenvalue weighted by Crippen LogP contribution is -2.35. The van der Waals surface area contributed by atoms with Crippen LogP contribution < -0.4 is 21.3 Å². The number of hydrogen-bond acceptors (Lipinski definition) is 6. The van der Waals surface area contributed by atoms with E-state index in [1.165, 1.54) is 6.08 Å². The fourth-order valence-electron chi connectivity index (χ4n) is 3.83. The minimum absolute atomic E-state index is 0.0252. The summed E-state index contributed by atoms with van der Waals surface area (Å²) in [6.07, 6.45) is 1.47. The largest absolute Gasteiger partial charge is 0.489 e. The number of allylic oxidation sites excluding steroid dienone is 1. The van der Waals surface area contributed by atoms with Crippen molar-refractivity contribution in [2.45, 2.75) is 19.4 Å². The fourth-order valence-corrected chi connectivity index (χ4v) is 3.83. The molecular weight excluding hydrogens is 422 g/mol. The Morgan fingerprint density at radius 3 is 2.64 bits per heavy atom. The van der Waals surface area contributed by atoms with Crippen LogP contribution in [0.25, 0.3) is 0 Å². The van der Waals surface area contributed by atoms with Gasteiger partial charge in [0.15, 0.2) is 0 Å². The summed E-state index contributed by atoms with van der Waals surface area (Å²) in [6, 6.07) is 16.9. The molecule has 0 saturated carbocycles. The second kappa shape index (κ2) is 9.44. The van der Waals surface area contributed by atoms with Gasteiger partial charge in [-0.25, -0.2) is 9.59 Å². The van der Waals surface area contributed by atoms with Crippen LogP contribution in [0.1, 0.15) is 29.5 Å². The van der Waals surface area contributed by atoms with Crippen molar-refractivity contribution >= 4 is 11.8 Å². The van der Waals surface area contributed by atoms with Gasteiger partial charge in [0.2, 0.25) is 0 Å². The van der Waals surface area contributed by atoms with E-state index in [9.17, 15) is 14.4 Å². The zero-order valence-electron chi connectivity index (χ0n) is 18.0. The molecule has 0 bridgehead atoms. The number of carbonyl (C=O) groups excluding carboxylic acids is 1. The third-order valence-corrected chi connectivity index (χ3v) is 5.27. The molecule has 0 amide bonds. The minimum Gasteiger partial charge on any atom is -0.489 e.